The number of hydrogen-bond donors (Lipinski definition) is 2. The molecule has 0 spiro atoms. The van der Waals surface area contributed by atoms with E-state index in [0.717, 1.165) is 10.2 Å². The number of anilines is 2. The van der Waals surface area contributed by atoms with Gasteiger partial charge in [0.25, 0.3) is 12.3 Å². The number of aromatic nitrogens is 5. The van der Waals surface area contributed by atoms with E-state index in [1.807, 2.05) is 0 Å². The summed E-state index contributed by atoms with van der Waals surface area (Å²) in [6.45, 7) is 2.15. The molecule has 0 bridgehead atoms. The number of hydrogen-bond acceptors (Lipinski definition) is 5. The van der Waals surface area contributed by atoms with Crippen LogP contribution in [0.15, 0.2) is 30.6 Å². The summed E-state index contributed by atoms with van der Waals surface area (Å²) in [7, 11) is 0. The molecule has 2 aromatic heterocycles. The van der Waals surface area contributed by atoms with Crippen LogP contribution in [0, 0.1) is 0 Å². The molecule has 0 aliphatic carbocycles. The highest BCUT2D eigenvalue weighted by molar-refractivity contribution is 6.35. The van der Waals surface area contributed by atoms with Crippen LogP contribution in [0.25, 0.3) is 0 Å². The Morgan fingerprint density at radius 1 is 1.40 bits per heavy atom. The number of alkyl halides is 2. The van der Waals surface area contributed by atoms with Crippen LogP contribution in [0.5, 0.6) is 0 Å². The minimum atomic E-state index is -2.61. The van der Waals surface area contributed by atoms with E-state index in [1.165, 1.54) is 6.20 Å². The first-order valence-corrected chi connectivity index (χ1v) is 9.84. The van der Waals surface area contributed by atoms with Crippen molar-refractivity contribution in [1.29, 1.82) is 0 Å². The average Bonchev–Trinajstić information content (AvgIpc) is 3.30. The van der Waals surface area contributed by atoms with Gasteiger partial charge in [-0.1, -0.05) is 29.3 Å². The summed E-state index contributed by atoms with van der Waals surface area (Å²) in [6.07, 6.45) is 0.653. The van der Waals surface area contributed by atoms with Gasteiger partial charge in [0.1, 0.15) is 6.04 Å². The van der Waals surface area contributed by atoms with Gasteiger partial charge in [0.05, 0.1) is 18.4 Å². The van der Waals surface area contributed by atoms with E-state index < -0.39 is 18.4 Å². The highest BCUT2D eigenvalue weighted by Crippen LogP contribution is 2.30. The van der Waals surface area contributed by atoms with Gasteiger partial charge in [0.2, 0.25) is 11.8 Å². The van der Waals surface area contributed by atoms with E-state index in [1.54, 1.807) is 36.0 Å². The molecular formula is C18H17Cl2F2N7O. The van der Waals surface area contributed by atoms with Gasteiger partial charge in [0, 0.05) is 22.3 Å². The monoisotopic (exact) mass is 455 g/mol. The molecule has 158 valence electrons. The molecular weight excluding hydrogens is 439 g/mol. The van der Waals surface area contributed by atoms with Gasteiger partial charge >= 0.3 is 0 Å². The van der Waals surface area contributed by atoms with Crippen molar-refractivity contribution in [3.63, 3.8) is 0 Å². The largest absolute Gasteiger partial charge is 0.352 e. The summed E-state index contributed by atoms with van der Waals surface area (Å²) in [5.74, 6) is -0.675. The SMILES string of the molecule is C[C@H]1C[C@@H](C(F)F)n2nc(C(=O)Nc3cnn(Cc4ccc(Cl)cc4Cl)c3)nc2N1. The Hall–Kier alpha value is -2.72. The fourth-order valence-corrected chi connectivity index (χ4v) is 3.69. The van der Waals surface area contributed by atoms with Crippen molar-refractivity contribution in [2.45, 2.75) is 38.4 Å². The molecule has 0 saturated heterocycles. The molecule has 8 nitrogen and oxygen atoms in total. The molecule has 1 aliphatic heterocycles. The Bertz CT molecular complexity index is 1080. The van der Waals surface area contributed by atoms with Crippen LogP contribution in [0.1, 0.15) is 35.6 Å². The number of fused-ring (bicyclic) bond motifs is 1. The van der Waals surface area contributed by atoms with Gasteiger partial charge in [-0.2, -0.15) is 10.1 Å². The maximum atomic E-state index is 13.3. The zero-order valence-electron chi connectivity index (χ0n) is 15.7. The second-order valence-electron chi connectivity index (χ2n) is 7.00. The molecule has 0 unspecified atom stereocenters. The summed E-state index contributed by atoms with van der Waals surface area (Å²) in [5, 5.41) is 14.8. The molecule has 3 heterocycles. The number of benzene rings is 1. The first kappa shape index (κ1) is 20.5. The number of amides is 1. The van der Waals surface area contributed by atoms with Crippen molar-refractivity contribution in [3.05, 3.63) is 52.0 Å². The van der Waals surface area contributed by atoms with Crippen LogP contribution in [0.3, 0.4) is 0 Å². The lowest BCUT2D eigenvalue weighted by molar-refractivity contribution is 0.0662. The van der Waals surface area contributed by atoms with Crippen molar-refractivity contribution < 1.29 is 13.6 Å². The van der Waals surface area contributed by atoms with Gasteiger partial charge in [-0.15, -0.1) is 5.10 Å². The maximum absolute atomic E-state index is 13.3. The predicted molar refractivity (Wildman–Crippen MR) is 109 cm³/mol. The molecule has 30 heavy (non-hydrogen) atoms. The van der Waals surface area contributed by atoms with E-state index >= 15 is 0 Å². The van der Waals surface area contributed by atoms with E-state index in [9.17, 15) is 13.6 Å². The van der Waals surface area contributed by atoms with Crippen LogP contribution < -0.4 is 10.6 Å². The Kier molecular flexibility index (Phi) is 5.61. The topological polar surface area (TPSA) is 89.7 Å². The van der Waals surface area contributed by atoms with Gasteiger partial charge in [-0.05, 0) is 31.0 Å². The summed E-state index contributed by atoms with van der Waals surface area (Å²) in [6, 6.07) is 3.82. The third-order valence-corrected chi connectivity index (χ3v) is 5.24. The average molecular weight is 456 g/mol. The molecule has 0 radical (unpaired) electrons. The molecule has 0 fully saturated rings. The fraction of sp³-hybridized carbons (Fsp3) is 0.333. The molecule has 1 amide bonds. The van der Waals surface area contributed by atoms with Gasteiger partial charge in [0.15, 0.2) is 0 Å². The number of carbonyl (C=O) groups is 1. The lowest BCUT2D eigenvalue weighted by Crippen LogP contribution is -2.33. The second-order valence-corrected chi connectivity index (χ2v) is 7.85. The third kappa shape index (κ3) is 4.24. The molecule has 2 atom stereocenters. The highest BCUT2D eigenvalue weighted by Gasteiger charge is 2.34. The van der Waals surface area contributed by atoms with Crippen molar-refractivity contribution in [2.24, 2.45) is 0 Å². The third-order valence-electron chi connectivity index (χ3n) is 4.65. The van der Waals surface area contributed by atoms with Crippen LogP contribution >= 0.6 is 23.2 Å². The Morgan fingerprint density at radius 3 is 2.93 bits per heavy atom. The minimum absolute atomic E-state index is 0.150. The van der Waals surface area contributed by atoms with Crippen LogP contribution in [0.2, 0.25) is 10.0 Å². The van der Waals surface area contributed by atoms with Crippen molar-refractivity contribution in [1.82, 2.24) is 24.5 Å². The first-order chi connectivity index (χ1) is 14.3. The van der Waals surface area contributed by atoms with Crippen LogP contribution in [0.4, 0.5) is 20.4 Å². The molecule has 2 N–H and O–H groups in total. The van der Waals surface area contributed by atoms with Gasteiger partial charge in [-0.3, -0.25) is 9.48 Å². The van der Waals surface area contributed by atoms with E-state index in [-0.39, 0.29) is 24.2 Å². The number of nitrogens with zero attached hydrogens (tertiary/aromatic N) is 5. The summed E-state index contributed by atoms with van der Waals surface area (Å²) in [4.78, 5) is 16.6. The lowest BCUT2D eigenvalue weighted by Gasteiger charge is -2.28. The van der Waals surface area contributed by atoms with Gasteiger partial charge < -0.3 is 10.6 Å². The minimum Gasteiger partial charge on any atom is -0.352 e. The number of rotatable bonds is 5. The summed E-state index contributed by atoms with van der Waals surface area (Å²) in [5.41, 5.74) is 1.22. The number of nitrogens with one attached hydrogen (secondary N) is 2. The van der Waals surface area contributed by atoms with Crippen molar-refractivity contribution in [3.8, 4) is 0 Å². The molecule has 0 saturated carbocycles. The van der Waals surface area contributed by atoms with Crippen molar-refractivity contribution in [2.75, 3.05) is 10.6 Å². The lowest BCUT2D eigenvalue weighted by atomic mass is 10.1. The fourth-order valence-electron chi connectivity index (χ4n) is 3.23. The zero-order valence-corrected chi connectivity index (χ0v) is 17.2. The molecule has 3 aromatic rings. The Morgan fingerprint density at radius 2 is 2.20 bits per heavy atom. The first-order valence-electron chi connectivity index (χ1n) is 9.09. The van der Waals surface area contributed by atoms with Crippen molar-refractivity contribution >= 4 is 40.7 Å². The Labute approximate surface area is 180 Å². The Balaban J connectivity index is 1.47. The van der Waals surface area contributed by atoms with E-state index in [4.69, 9.17) is 23.2 Å². The smallest absolute Gasteiger partial charge is 0.295 e. The quantitative estimate of drug-likeness (QED) is 0.604. The van der Waals surface area contributed by atoms with Gasteiger partial charge in [-0.25, -0.2) is 13.5 Å². The number of carbonyl (C=O) groups excluding carboxylic acids is 1. The molecule has 12 heteroatoms. The molecule has 1 aromatic carbocycles. The summed E-state index contributed by atoms with van der Waals surface area (Å²) >= 11 is 12.1. The second kappa shape index (κ2) is 8.19. The van der Waals surface area contributed by atoms with Crippen LogP contribution in [-0.4, -0.2) is 42.9 Å². The van der Waals surface area contributed by atoms with E-state index in [2.05, 4.69) is 25.8 Å². The molecule has 1 aliphatic rings. The summed E-state index contributed by atoms with van der Waals surface area (Å²) < 4.78 is 29.3. The van der Waals surface area contributed by atoms with E-state index in [0.29, 0.717) is 22.3 Å². The zero-order chi connectivity index (χ0) is 21.4. The maximum Gasteiger partial charge on any atom is 0.295 e. The molecule has 4 rings (SSSR count). The predicted octanol–water partition coefficient (Wildman–Crippen LogP) is 4.09. The normalized spacial score (nSPS) is 18.2. The highest BCUT2D eigenvalue weighted by atomic mass is 35.5. The van der Waals surface area contributed by atoms with Crippen LogP contribution in [-0.2, 0) is 6.54 Å². The number of halogens is 4. The standard InChI is InChI=1S/C18H17Cl2F2N7O/c1-9-4-14(15(21)22)29-18(24-9)26-16(27-29)17(30)25-12-6-23-28(8-12)7-10-2-3-11(19)5-13(10)20/h2-3,5-6,8-9,14-15H,4,7H2,1H3,(H,25,30)(H,24,26,27)/t9-,14-/m0/s1.